The molecule has 0 aromatic heterocycles. The molecule has 5 heteroatoms. The Morgan fingerprint density at radius 1 is 1.00 bits per heavy atom. The molecule has 0 radical (unpaired) electrons. The summed E-state index contributed by atoms with van der Waals surface area (Å²) in [5, 5.41) is 23.2. The Labute approximate surface area is 108 Å². The van der Waals surface area contributed by atoms with Crippen LogP contribution in [0.25, 0.3) is 0 Å². The van der Waals surface area contributed by atoms with Crippen LogP contribution in [0.1, 0.15) is 32.6 Å². The normalized spacial score (nSPS) is 42.7. The molecule has 1 aliphatic carbocycles. The minimum atomic E-state index is -0.757. The van der Waals surface area contributed by atoms with Gasteiger partial charge in [0.15, 0.2) is 0 Å². The molecule has 0 aromatic carbocycles. The van der Waals surface area contributed by atoms with Crippen molar-refractivity contribution in [3.63, 3.8) is 0 Å². The van der Waals surface area contributed by atoms with Crippen LogP contribution >= 0.6 is 0 Å². The van der Waals surface area contributed by atoms with Crippen LogP contribution in [0, 0.1) is 0 Å². The van der Waals surface area contributed by atoms with Gasteiger partial charge in [-0.3, -0.25) is 0 Å². The fourth-order valence-corrected chi connectivity index (χ4v) is 2.81. The highest BCUT2D eigenvalue weighted by atomic mass is 16.5. The molecule has 6 atom stereocenters. The van der Waals surface area contributed by atoms with E-state index in [1.807, 2.05) is 0 Å². The van der Waals surface area contributed by atoms with Gasteiger partial charge in [0.1, 0.15) is 18.3 Å². The third-order valence-corrected chi connectivity index (χ3v) is 3.97. The number of aliphatic hydroxyl groups excluding tert-OH is 2. The monoisotopic (exact) mass is 259 g/mol. The summed E-state index contributed by atoms with van der Waals surface area (Å²) in [4.78, 5) is 0. The molecule has 1 heterocycles. The van der Waals surface area contributed by atoms with Gasteiger partial charge >= 0.3 is 0 Å². The first-order chi connectivity index (χ1) is 8.70. The van der Waals surface area contributed by atoms with Crippen molar-refractivity contribution in [1.82, 2.24) is 5.32 Å². The SMILES string of the molecule is CCCCCCO[C@H]1[C@H](O)[C@@H](OC)[C@H](O)[C@H]2N[C@H]21. The average molecular weight is 259 g/mol. The quantitative estimate of drug-likeness (QED) is 0.444. The first kappa shape index (κ1) is 14.2. The van der Waals surface area contributed by atoms with E-state index in [2.05, 4.69) is 12.2 Å². The third-order valence-electron chi connectivity index (χ3n) is 3.97. The van der Waals surface area contributed by atoms with Crippen LogP contribution in [-0.2, 0) is 9.47 Å². The topological polar surface area (TPSA) is 80.9 Å². The van der Waals surface area contributed by atoms with Gasteiger partial charge in [-0.1, -0.05) is 26.2 Å². The van der Waals surface area contributed by atoms with E-state index < -0.39 is 18.3 Å². The summed E-state index contributed by atoms with van der Waals surface area (Å²) in [6.45, 7) is 2.84. The summed E-state index contributed by atoms with van der Waals surface area (Å²) in [5.41, 5.74) is 0. The second-order valence-corrected chi connectivity index (χ2v) is 5.30. The van der Waals surface area contributed by atoms with Crippen LogP contribution in [0.5, 0.6) is 0 Å². The summed E-state index contributed by atoms with van der Waals surface area (Å²) in [6.07, 6.45) is 2.40. The van der Waals surface area contributed by atoms with Gasteiger partial charge < -0.3 is 25.0 Å². The molecule has 2 rings (SSSR count). The fourth-order valence-electron chi connectivity index (χ4n) is 2.81. The van der Waals surface area contributed by atoms with E-state index in [0.717, 1.165) is 12.8 Å². The maximum Gasteiger partial charge on any atom is 0.113 e. The van der Waals surface area contributed by atoms with Gasteiger partial charge in [-0.25, -0.2) is 0 Å². The fraction of sp³-hybridized carbons (Fsp3) is 1.00. The number of unbranched alkanes of at least 4 members (excludes halogenated alkanes) is 3. The first-order valence-electron chi connectivity index (χ1n) is 6.97. The Hall–Kier alpha value is -0.200. The molecule has 106 valence electrons. The molecule has 0 aromatic rings. The van der Waals surface area contributed by atoms with Crippen LogP contribution in [0.2, 0.25) is 0 Å². The van der Waals surface area contributed by atoms with Crippen LogP contribution in [0.15, 0.2) is 0 Å². The minimum absolute atomic E-state index is 0.0130. The highest BCUT2D eigenvalue weighted by molar-refractivity contribution is 5.16. The number of nitrogens with one attached hydrogen (secondary N) is 1. The Kier molecular flexibility index (Phi) is 4.98. The predicted octanol–water partition coefficient (Wildman–Crippen LogP) is 0.0427. The summed E-state index contributed by atoms with van der Waals surface area (Å²) in [7, 11) is 1.51. The minimum Gasteiger partial charge on any atom is -0.389 e. The summed E-state index contributed by atoms with van der Waals surface area (Å²) < 4.78 is 10.9. The maximum absolute atomic E-state index is 10.1. The van der Waals surface area contributed by atoms with Gasteiger partial charge in [-0.15, -0.1) is 0 Å². The molecule has 5 nitrogen and oxygen atoms in total. The van der Waals surface area contributed by atoms with Crippen molar-refractivity contribution in [2.75, 3.05) is 13.7 Å². The molecule has 1 saturated carbocycles. The van der Waals surface area contributed by atoms with Crippen molar-refractivity contribution in [2.24, 2.45) is 0 Å². The lowest BCUT2D eigenvalue weighted by Crippen LogP contribution is -2.55. The Bertz CT molecular complexity index is 263. The molecule has 1 saturated heterocycles. The lowest BCUT2D eigenvalue weighted by Gasteiger charge is -2.35. The van der Waals surface area contributed by atoms with Gasteiger partial charge in [0, 0.05) is 13.7 Å². The van der Waals surface area contributed by atoms with Crippen LogP contribution in [-0.4, -0.2) is 60.4 Å². The van der Waals surface area contributed by atoms with Crippen molar-refractivity contribution in [3.8, 4) is 0 Å². The van der Waals surface area contributed by atoms with Gasteiger partial charge in [0.2, 0.25) is 0 Å². The van der Waals surface area contributed by atoms with Crippen molar-refractivity contribution >= 4 is 0 Å². The molecule has 0 unspecified atom stereocenters. The highest BCUT2D eigenvalue weighted by Gasteiger charge is 2.59. The number of hydrogen-bond acceptors (Lipinski definition) is 5. The van der Waals surface area contributed by atoms with Gasteiger partial charge in [0.05, 0.1) is 18.2 Å². The molecular weight excluding hydrogens is 234 g/mol. The second kappa shape index (κ2) is 6.30. The summed E-state index contributed by atoms with van der Waals surface area (Å²) >= 11 is 0. The number of aliphatic hydroxyl groups is 2. The average Bonchev–Trinajstić information content (AvgIpc) is 3.13. The molecule has 18 heavy (non-hydrogen) atoms. The molecule has 2 aliphatic rings. The van der Waals surface area contributed by atoms with Crippen molar-refractivity contribution in [1.29, 1.82) is 0 Å². The number of fused-ring (bicyclic) bond motifs is 1. The molecule has 1 aliphatic heterocycles. The largest absolute Gasteiger partial charge is 0.389 e. The van der Waals surface area contributed by atoms with Gasteiger partial charge in [-0.2, -0.15) is 0 Å². The van der Waals surface area contributed by atoms with Gasteiger partial charge in [-0.05, 0) is 6.42 Å². The zero-order chi connectivity index (χ0) is 13.1. The van der Waals surface area contributed by atoms with Crippen LogP contribution < -0.4 is 5.32 Å². The number of ether oxygens (including phenoxy) is 2. The molecular formula is C13H25NO4. The van der Waals surface area contributed by atoms with E-state index in [-0.39, 0.29) is 18.2 Å². The maximum atomic E-state index is 10.1. The standard InChI is InChI=1S/C13H25NO4/c1-3-4-5-6-7-18-12-9-8(14-9)10(15)13(17-2)11(12)16/h8-16H,3-7H2,1-2H3/t8-,9+,10+,11-,12+,13-/m0/s1. The molecule has 0 bridgehead atoms. The number of methoxy groups -OCH3 is 1. The predicted molar refractivity (Wildman–Crippen MR) is 67.4 cm³/mol. The first-order valence-corrected chi connectivity index (χ1v) is 6.97. The Morgan fingerprint density at radius 3 is 2.44 bits per heavy atom. The molecule has 0 amide bonds. The third kappa shape index (κ3) is 2.86. The molecule has 3 N–H and O–H groups in total. The molecule has 0 spiro atoms. The van der Waals surface area contributed by atoms with E-state index in [4.69, 9.17) is 9.47 Å². The number of hydrogen-bond donors (Lipinski definition) is 3. The van der Waals surface area contributed by atoms with Crippen molar-refractivity contribution in [3.05, 3.63) is 0 Å². The van der Waals surface area contributed by atoms with E-state index in [9.17, 15) is 10.2 Å². The summed E-state index contributed by atoms with van der Waals surface area (Å²) in [6, 6.07) is 0.0894. The van der Waals surface area contributed by atoms with E-state index >= 15 is 0 Å². The zero-order valence-electron chi connectivity index (χ0n) is 11.2. The molecule has 2 fully saturated rings. The lowest BCUT2D eigenvalue weighted by atomic mass is 9.89. The zero-order valence-corrected chi connectivity index (χ0v) is 11.2. The Balaban J connectivity index is 1.78. The number of rotatable bonds is 7. The van der Waals surface area contributed by atoms with Gasteiger partial charge in [0.25, 0.3) is 0 Å². The highest BCUT2D eigenvalue weighted by Crippen LogP contribution is 2.33. The van der Waals surface area contributed by atoms with Crippen molar-refractivity contribution in [2.45, 2.75) is 69.1 Å². The van der Waals surface area contributed by atoms with E-state index in [1.54, 1.807) is 0 Å². The van der Waals surface area contributed by atoms with Crippen molar-refractivity contribution < 1.29 is 19.7 Å². The lowest BCUT2D eigenvalue weighted by molar-refractivity contribution is -0.151. The second-order valence-electron chi connectivity index (χ2n) is 5.30. The van der Waals surface area contributed by atoms with Crippen LogP contribution in [0.4, 0.5) is 0 Å². The summed E-state index contributed by atoms with van der Waals surface area (Å²) in [5.74, 6) is 0. The van der Waals surface area contributed by atoms with Crippen LogP contribution in [0.3, 0.4) is 0 Å². The Morgan fingerprint density at radius 2 is 1.78 bits per heavy atom. The van der Waals surface area contributed by atoms with E-state index in [1.165, 1.54) is 20.0 Å². The smallest absolute Gasteiger partial charge is 0.113 e. The van der Waals surface area contributed by atoms with E-state index in [0.29, 0.717) is 6.61 Å².